The lowest BCUT2D eigenvalue weighted by Gasteiger charge is -2.15. The molecule has 0 unspecified atom stereocenters. The van der Waals surface area contributed by atoms with Gasteiger partial charge in [0, 0.05) is 25.5 Å². The van der Waals surface area contributed by atoms with E-state index < -0.39 is 0 Å². The smallest absolute Gasteiger partial charge is 0.258 e. The number of hydrogen-bond donors (Lipinski definition) is 1. The van der Waals surface area contributed by atoms with Crippen molar-refractivity contribution in [2.75, 3.05) is 23.3 Å². The molecule has 0 spiro atoms. The molecule has 2 aromatic rings. The number of carbonyl (C=O) groups excluding carboxylic acids is 1. The van der Waals surface area contributed by atoms with Gasteiger partial charge in [-0.05, 0) is 37.1 Å². The Bertz CT molecular complexity index is 578. The molecular formula is C14H15N5O. The van der Waals surface area contributed by atoms with E-state index in [9.17, 15) is 4.79 Å². The van der Waals surface area contributed by atoms with E-state index in [2.05, 4.69) is 25.4 Å². The summed E-state index contributed by atoms with van der Waals surface area (Å²) in [4.78, 5) is 18.0. The summed E-state index contributed by atoms with van der Waals surface area (Å²) in [7, 11) is 0. The molecule has 1 fully saturated rings. The van der Waals surface area contributed by atoms with Crippen molar-refractivity contribution in [2.24, 2.45) is 0 Å². The van der Waals surface area contributed by atoms with E-state index in [0.29, 0.717) is 11.4 Å². The van der Waals surface area contributed by atoms with E-state index in [1.54, 1.807) is 24.4 Å². The second-order valence-corrected chi connectivity index (χ2v) is 4.67. The standard InChI is InChI=1S/C14H15N5O/c20-14(11-4-3-7-15-10-11)16-12-5-6-13(18-17-12)19-8-1-2-9-19/h3-7,10H,1-2,8-9H2,(H,16,17,20). The predicted octanol–water partition coefficient (Wildman–Crippen LogP) is 1.72. The zero-order valence-electron chi connectivity index (χ0n) is 11.0. The second-order valence-electron chi connectivity index (χ2n) is 4.67. The lowest BCUT2D eigenvalue weighted by atomic mass is 10.3. The minimum absolute atomic E-state index is 0.235. The first kappa shape index (κ1) is 12.5. The van der Waals surface area contributed by atoms with Gasteiger partial charge in [-0.25, -0.2) is 0 Å². The third-order valence-electron chi connectivity index (χ3n) is 3.25. The summed E-state index contributed by atoms with van der Waals surface area (Å²) < 4.78 is 0. The minimum Gasteiger partial charge on any atom is -0.355 e. The van der Waals surface area contributed by atoms with Crippen LogP contribution in [0.15, 0.2) is 36.7 Å². The van der Waals surface area contributed by atoms with Crippen LogP contribution in [0, 0.1) is 0 Å². The first-order valence-corrected chi connectivity index (χ1v) is 6.63. The summed E-state index contributed by atoms with van der Waals surface area (Å²) in [6.45, 7) is 2.05. The molecule has 0 aromatic carbocycles. The van der Waals surface area contributed by atoms with Gasteiger partial charge in [-0.15, -0.1) is 10.2 Å². The fraction of sp³-hybridized carbons (Fsp3) is 0.286. The maximum atomic E-state index is 11.9. The Morgan fingerprint density at radius 2 is 2.00 bits per heavy atom. The summed E-state index contributed by atoms with van der Waals surface area (Å²) >= 11 is 0. The highest BCUT2D eigenvalue weighted by Gasteiger charge is 2.14. The molecule has 20 heavy (non-hydrogen) atoms. The lowest BCUT2D eigenvalue weighted by molar-refractivity contribution is 0.102. The summed E-state index contributed by atoms with van der Waals surface area (Å²) in [5.74, 6) is 1.07. The molecule has 6 heteroatoms. The molecule has 0 aliphatic carbocycles. The van der Waals surface area contributed by atoms with Gasteiger partial charge in [-0.1, -0.05) is 0 Å². The van der Waals surface area contributed by atoms with Crippen LogP contribution in [0.2, 0.25) is 0 Å². The molecule has 1 aliphatic heterocycles. The van der Waals surface area contributed by atoms with Crippen LogP contribution in [0.25, 0.3) is 0 Å². The van der Waals surface area contributed by atoms with Crippen molar-refractivity contribution in [3.63, 3.8) is 0 Å². The van der Waals surface area contributed by atoms with Gasteiger partial charge in [0.1, 0.15) is 0 Å². The molecule has 0 atom stereocenters. The van der Waals surface area contributed by atoms with Gasteiger partial charge in [0.15, 0.2) is 11.6 Å². The van der Waals surface area contributed by atoms with E-state index in [4.69, 9.17) is 0 Å². The highest BCUT2D eigenvalue weighted by atomic mass is 16.1. The number of amides is 1. The number of rotatable bonds is 3. The van der Waals surface area contributed by atoms with Gasteiger partial charge >= 0.3 is 0 Å². The van der Waals surface area contributed by atoms with Gasteiger partial charge in [0.05, 0.1) is 5.56 Å². The molecule has 1 saturated heterocycles. The van der Waals surface area contributed by atoms with Crippen LogP contribution in [0.5, 0.6) is 0 Å². The Morgan fingerprint density at radius 3 is 2.65 bits per heavy atom. The molecule has 3 heterocycles. The second kappa shape index (κ2) is 5.64. The molecular weight excluding hydrogens is 254 g/mol. The maximum absolute atomic E-state index is 11.9. The van der Waals surface area contributed by atoms with Gasteiger partial charge in [-0.2, -0.15) is 0 Å². The molecule has 1 N–H and O–H groups in total. The summed E-state index contributed by atoms with van der Waals surface area (Å²) in [5.41, 5.74) is 0.498. The minimum atomic E-state index is -0.235. The van der Waals surface area contributed by atoms with Crippen molar-refractivity contribution in [1.29, 1.82) is 0 Å². The summed E-state index contributed by atoms with van der Waals surface area (Å²) in [6.07, 6.45) is 5.53. The largest absolute Gasteiger partial charge is 0.355 e. The summed E-state index contributed by atoms with van der Waals surface area (Å²) in [5, 5.41) is 10.9. The van der Waals surface area contributed by atoms with Crippen molar-refractivity contribution in [3.8, 4) is 0 Å². The third kappa shape index (κ3) is 2.74. The zero-order chi connectivity index (χ0) is 13.8. The molecule has 1 amide bonds. The molecule has 3 rings (SSSR count). The maximum Gasteiger partial charge on any atom is 0.258 e. The Labute approximate surface area is 116 Å². The van der Waals surface area contributed by atoms with E-state index >= 15 is 0 Å². The van der Waals surface area contributed by atoms with Crippen molar-refractivity contribution in [1.82, 2.24) is 15.2 Å². The lowest BCUT2D eigenvalue weighted by Crippen LogP contribution is -2.20. The van der Waals surface area contributed by atoms with Crippen molar-refractivity contribution in [3.05, 3.63) is 42.2 Å². The number of nitrogens with zero attached hydrogens (tertiary/aromatic N) is 4. The zero-order valence-corrected chi connectivity index (χ0v) is 11.0. The number of pyridine rings is 1. The Hall–Kier alpha value is -2.50. The van der Waals surface area contributed by atoms with E-state index in [0.717, 1.165) is 18.9 Å². The number of nitrogens with one attached hydrogen (secondary N) is 1. The molecule has 102 valence electrons. The van der Waals surface area contributed by atoms with Crippen LogP contribution in [0.3, 0.4) is 0 Å². The SMILES string of the molecule is O=C(Nc1ccc(N2CCCC2)nn1)c1cccnc1. The van der Waals surface area contributed by atoms with Gasteiger partial charge in [-0.3, -0.25) is 9.78 Å². The Morgan fingerprint density at radius 1 is 1.15 bits per heavy atom. The molecule has 0 saturated carbocycles. The Balaban J connectivity index is 1.67. The number of anilines is 2. The van der Waals surface area contributed by atoms with Crippen molar-refractivity contribution < 1.29 is 4.79 Å². The van der Waals surface area contributed by atoms with Crippen LogP contribution in [-0.4, -0.2) is 34.2 Å². The molecule has 0 bridgehead atoms. The normalized spacial score (nSPS) is 14.3. The highest BCUT2D eigenvalue weighted by Crippen LogP contribution is 2.17. The number of aromatic nitrogens is 3. The molecule has 2 aromatic heterocycles. The first-order valence-electron chi connectivity index (χ1n) is 6.63. The van der Waals surface area contributed by atoms with Crippen LogP contribution in [0.4, 0.5) is 11.6 Å². The van der Waals surface area contributed by atoms with Crippen LogP contribution in [0.1, 0.15) is 23.2 Å². The topological polar surface area (TPSA) is 71.0 Å². The van der Waals surface area contributed by atoms with Crippen LogP contribution >= 0.6 is 0 Å². The van der Waals surface area contributed by atoms with Gasteiger partial charge < -0.3 is 10.2 Å². The molecule has 1 aliphatic rings. The van der Waals surface area contributed by atoms with Crippen molar-refractivity contribution in [2.45, 2.75) is 12.8 Å². The number of hydrogen-bond acceptors (Lipinski definition) is 5. The monoisotopic (exact) mass is 269 g/mol. The van der Waals surface area contributed by atoms with Crippen molar-refractivity contribution >= 4 is 17.5 Å². The average molecular weight is 269 g/mol. The first-order chi connectivity index (χ1) is 9.83. The highest BCUT2D eigenvalue weighted by molar-refractivity contribution is 6.03. The fourth-order valence-corrected chi connectivity index (χ4v) is 2.19. The van der Waals surface area contributed by atoms with E-state index in [-0.39, 0.29) is 5.91 Å². The van der Waals surface area contributed by atoms with Crippen LogP contribution in [-0.2, 0) is 0 Å². The average Bonchev–Trinajstić information content (AvgIpc) is 3.03. The van der Waals surface area contributed by atoms with Crippen LogP contribution < -0.4 is 10.2 Å². The fourth-order valence-electron chi connectivity index (χ4n) is 2.19. The van der Waals surface area contributed by atoms with E-state index in [1.807, 2.05) is 6.07 Å². The Kier molecular flexibility index (Phi) is 3.54. The predicted molar refractivity (Wildman–Crippen MR) is 75.7 cm³/mol. The van der Waals surface area contributed by atoms with Gasteiger partial charge in [0.2, 0.25) is 0 Å². The number of carbonyl (C=O) groups is 1. The summed E-state index contributed by atoms with van der Waals surface area (Å²) in [6, 6.07) is 7.08. The van der Waals surface area contributed by atoms with E-state index in [1.165, 1.54) is 19.0 Å². The quantitative estimate of drug-likeness (QED) is 0.918. The molecule has 6 nitrogen and oxygen atoms in total. The third-order valence-corrected chi connectivity index (χ3v) is 3.25. The van der Waals surface area contributed by atoms with Gasteiger partial charge in [0.25, 0.3) is 5.91 Å². The molecule has 0 radical (unpaired) electrons.